The number of halogens is 2. The lowest BCUT2D eigenvalue weighted by Crippen LogP contribution is -2.44. The molecular weight excluding hydrogens is 389 g/mol. The highest BCUT2D eigenvalue weighted by Gasteiger charge is 2.27. The van der Waals surface area contributed by atoms with Crippen LogP contribution in [0.25, 0.3) is 0 Å². The van der Waals surface area contributed by atoms with Crippen LogP contribution in [0.5, 0.6) is 0 Å². The van der Waals surface area contributed by atoms with Gasteiger partial charge in [0.05, 0.1) is 6.54 Å². The molecule has 0 radical (unpaired) electrons. The fourth-order valence-corrected chi connectivity index (χ4v) is 3.22. The highest BCUT2D eigenvalue weighted by Crippen LogP contribution is 2.31. The highest BCUT2D eigenvalue weighted by atomic mass is 35.5. The van der Waals surface area contributed by atoms with Crippen molar-refractivity contribution in [2.75, 3.05) is 30.8 Å². The molecule has 7 nitrogen and oxygen atoms in total. The van der Waals surface area contributed by atoms with Gasteiger partial charge in [0.25, 0.3) is 0 Å². The summed E-state index contributed by atoms with van der Waals surface area (Å²) in [6, 6.07) is 6.95. The van der Waals surface area contributed by atoms with Gasteiger partial charge in [-0.25, -0.2) is 0 Å². The Balaban J connectivity index is 0.00000182. The number of nitrogen functional groups attached to an aromatic ring is 1. The molecule has 0 saturated heterocycles. The lowest BCUT2D eigenvalue weighted by Gasteiger charge is -2.32. The molecule has 0 aliphatic carbocycles. The summed E-state index contributed by atoms with van der Waals surface area (Å²) in [6.45, 7) is 2.44. The molecule has 1 unspecified atom stereocenters. The Morgan fingerprint density at radius 3 is 2.70 bits per heavy atom. The minimum Gasteiger partial charge on any atom is -0.398 e. The Hall–Kier alpha value is -2.25. The van der Waals surface area contributed by atoms with E-state index in [1.165, 1.54) is 4.90 Å². The third kappa shape index (κ3) is 4.73. The Morgan fingerprint density at radius 2 is 2.04 bits per heavy atom. The Labute approximate surface area is 171 Å². The van der Waals surface area contributed by atoms with Crippen molar-refractivity contribution in [2.24, 2.45) is 0 Å². The first kappa shape index (κ1) is 22.8. The van der Waals surface area contributed by atoms with Crippen molar-refractivity contribution in [3.05, 3.63) is 42.2 Å². The number of carbonyl (C=O) groups excluding carboxylic acids is 2. The molecule has 1 aromatic heterocycles. The quantitative estimate of drug-likeness (QED) is 0.779. The molecule has 2 N–H and O–H groups in total. The van der Waals surface area contributed by atoms with Crippen LogP contribution >= 0.6 is 24.8 Å². The number of benzene rings is 1. The second-order valence-electron chi connectivity index (χ2n) is 6.35. The van der Waals surface area contributed by atoms with Crippen molar-refractivity contribution in [1.29, 1.82) is 0 Å². The number of amides is 2. The standard InChI is InChI=1S/C18H23N5O2.2ClH/c1-13(23-11-5-9-20-23)18(25)21(2)12-17(24)22-10-4-6-14-15(19)7-3-8-16(14)22;;/h3,5,7-9,11,13H,4,6,10,12,19H2,1-2H3;2*1H. The molecule has 2 amide bonds. The number of carbonyl (C=O) groups is 2. The Bertz CT molecular complexity index is 782. The van der Waals surface area contributed by atoms with E-state index in [1.807, 2.05) is 18.2 Å². The maximum absolute atomic E-state index is 12.8. The number of likely N-dealkylation sites (N-methyl/N-ethyl adjacent to an activating group) is 1. The molecular formula is C18H25Cl2N5O2. The van der Waals surface area contributed by atoms with Gasteiger partial charge in [0, 0.05) is 37.4 Å². The maximum Gasteiger partial charge on any atom is 0.247 e. The van der Waals surface area contributed by atoms with Crippen molar-refractivity contribution in [3.63, 3.8) is 0 Å². The van der Waals surface area contributed by atoms with Crippen molar-refractivity contribution in [3.8, 4) is 0 Å². The average Bonchev–Trinajstić information content (AvgIpc) is 3.15. The van der Waals surface area contributed by atoms with E-state index in [0.717, 1.165) is 24.1 Å². The predicted octanol–water partition coefficient (Wildman–Crippen LogP) is 2.31. The van der Waals surface area contributed by atoms with Gasteiger partial charge in [-0.15, -0.1) is 24.8 Å². The van der Waals surface area contributed by atoms with Gasteiger partial charge in [-0.1, -0.05) is 6.07 Å². The first-order valence-corrected chi connectivity index (χ1v) is 8.41. The number of hydrogen-bond acceptors (Lipinski definition) is 4. The molecule has 1 aliphatic heterocycles. The second-order valence-corrected chi connectivity index (χ2v) is 6.35. The van der Waals surface area contributed by atoms with Gasteiger partial charge in [0.1, 0.15) is 6.04 Å². The van der Waals surface area contributed by atoms with Crippen LogP contribution in [0.3, 0.4) is 0 Å². The third-order valence-corrected chi connectivity index (χ3v) is 4.62. The van der Waals surface area contributed by atoms with E-state index in [9.17, 15) is 9.59 Å². The lowest BCUT2D eigenvalue weighted by atomic mass is 10.00. The van der Waals surface area contributed by atoms with Gasteiger partial charge in [-0.2, -0.15) is 5.10 Å². The average molecular weight is 414 g/mol. The molecule has 2 heterocycles. The topological polar surface area (TPSA) is 84.5 Å². The first-order chi connectivity index (χ1) is 12.0. The largest absolute Gasteiger partial charge is 0.398 e. The summed E-state index contributed by atoms with van der Waals surface area (Å²) in [5.74, 6) is -0.253. The van der Waals surface area contributed by atoms with Gasteiger partial charge >= 0.3 is 0 Å². The fourth-order valence-electron chi connectivity index (χ4n) is 3.22. The van der Waals surface area contributed by atoms with Crippen molar-refractivity contribution >= 4 is 48.0 Å². The zero-order valence-electron chi connectivity index (χ0n) is 15.4. The van der Waals surface area contributed by atoms with Crippen molar-refractivity contribution < 1.29 is 9.59 Å². The van der Waals surface area contributed by atoms with E-state index in [-0.39, 0.29) is 43.2 Å². The molecule has 1 atom stereocenters. The fraction of sp³-hybridized carbons (Fsp3) is 0.389. The normalized spacial score (nSPS) is 13.6. The number of nitrogens with two attached hydrogens (primary N) is 1. The zero-order valence-corrected chi connectivity index (χ0v) is 17.0. The van der Waals surface area contributed by atoms with Crippen molar-refractivity contribution in [2.45, 2.75) is 25.8 Å². The molecule has 3 rings (SSSR count). The molecule has 0 spiro atoms. The van der Waals surface area contributed by atoms with Crippen LogP contribution in [0.4, 0.5) is 11.4 Å². The second kappa shape index (κ2) is 9.62. The number of anilines is 2. The Kier molecular flexibility index (Phi) is 8.12. The molecule has 0 saturated carbocycles. The van der Waals surface area contributed by atoms with Crippen molar-refractivity contribution in [1.82, 2.24) is 14.7 Å². The van der Waals surface area contributed by atoms with Crippen LogP contribution in [0.1, 0.15) is 24.9 Å². The summed E-state index contributed by atoms with van der Waals surface area (Å²) in [4.78, 5) is 28.5. The van der Waals surface area contributed by atoms with E-state index in [4.69, 9.17) is 5.73 Å². The van der Waals surface area contributed by atoms with Crippen LogP contribution in [-0.2, 0) is 16.0 Å². The van der Waals surface area contributed by atoms with Crippen LogP contribution in [0, 0.1) is 0 Å². The van der Waals surface area contributed by atoms with E-state index in [0.29, 0.717) is 12.2 Å². The summed E-state index contributed by atoms with van der Waals surface area (Å²) in [5.41, 5.74) is 8.62. The van der Waals surface area contributed by atoms with Crippen LogP contribution in [0.15, 0.2) is 36.7 Å². The summed E-state index contributed by atoms with van der Waals surface area (Å²) in [6.07, 6.45) is 5.11. The summed E-state index contributed by atoms with van der Waals surface area (Å²) >= 11 is 0. The molecule has 2 aromatic rings. The van der Waals surface area contributed by atoms with Crippen LogP contribution < -0.4 is 10.6 Å². The van der Waals surface area contributed by atoms with E-state index >= 15 is 0 Å². The number of hydrogen-bond donors (Lipinski definition) is 1. The molecule has 0 fully saturated rings. The maximum atomic E-state index is 12.8. The molecule has 1 aliphatic rings. The smallest absolute Gasteiger partial charge is 0.247 e. The van der Waals surface area contributed by atoms with Gasteiger partial charge in [-0.05, 0) is 43.5 Å². The number of rotatable bonds is 4. The first-order valence-electron chi connectivity index (χ1n) is 8.41. The van der Waals surface area contributed by atoms with E-state index < -0.39 is 6.04 Å². The van der Waals surface area contributed by atoms with Gasteiger partial charge in [0.15, 0.2) is 0 Å². The predicted molar refractivity (Wildman–Crippen MR) is 111 cm³/mol. The summed E-state index contributed by atoms with van der Waals surface area (Å²) < 4.78 is 1.58. The minimum atomic E-state index is -0.447. The minimum absolute atomic E-state index is 0. The lowest BCUT2D eigenvalue weighted by molar-refractivity contribution is -0.136. The Morgan fingerprint density at radius 1 is 1.30 bits per heavy atom. The van der Waals surface area contributed by atoms with Crippen LogP contribution in [0.2, 0.25) is 0 Å². The zero-order chi connectivity index (χ0) is 18.0. The van der Waals surface area contributed by atoms with Gasteiger partial charge in [0.2, 0.25) is 11.8 Å². The summed E-state index contributed by atoms with van der Waals surface area (Å²) in [5, 5.41) is 4.09. The number of fused-ring (bicyclic) bond motifs is 1. The molecule has 0 bridgehead atoms. The van der Waals surface area contributed by atoms with Gasteiger partial charge in [-0.3, -0.25) is 14.3 Å². The monoisotopic (exact) mass is 413 g/mol. The molecule has 148 valence electrons. The van der Waals surface area contributed by atoms with Crippen LogP contribution in [-0.4, -0.2) is 46.6 Å². The van der Waals surface area contributed by atoms with Gasteiger partial charge < -0.3 is 15.5 Å². The third-order valence-electron chi connectivity index (χ3n) is 4.62. The van der Waals surface area contributed by atoms with E-state index in [2.05, 4.69) is 5.10 Å². The SMILES string of the molecule is CC(C(=O)N(C)CC(=O)N1CCCc2c(N)cccc21)n1cccn1.Cl.Cl. The number of nitrogens with zero attached hydrogens (tertiary/aromatic N) is 4. The summed E-state index contributed by atoms with van der Waals surface area (Å²) in [7, 11) is 1.64. The van der Waals surface area contributed by atoms with E-state index in [1.54, 1.807) is 42.0 Å². The highest BCUT2D eigenvalue weighted by molar-refractivity contribution is 5.98. The number of aromatic nitrogens is 2. The molecule has 1 aromatic carbocycles. The molecule has 9 heteroatoms. The molecule has 27 heavy (non-hydrogen) atoms.